The summed E-state index contributed by atoms with van der Waals surface area (Å²) in [5, 5.41) is 3.19. The van der Waals surface area contributed by atoms with Crippen LogP contribution in [0.3, 0.4) is 0 Å². The fraction of sp³-hybridized carbons (Fsp3) is 0.588. The fourth-order valence-electron chi connectivity index (χ4n) is 2.71. The van der Waals surface area contributed by atoms with Gasteiger partial charge >= 0.3 is 0 Å². The molecule has 1 aliphatic rings. The van der Waals surface area contributed by atoms with Gasteiger partial charge in [-0.25, -0.2) is 0 Å². The van der Waals surface area contributed by atoms with Crippen molar-refractivity contribution in [1.82, 2.24) is 5.32 Å². The number of aliphatic imine (C=N–C) groups is 1. The predicted octanol–water partition coefficient (Wildman–Crippen LogP) is 2.96. The third kappa shape index (κ3) is 4.26. The molecular formula is C17H27N3. The van der Waals surface area contributed by atoms with Gasteiger partial charge in [-0.15, -0.1) is 0 Å². The molecule has 1 saturated carbocycles. The lowest BCUT2D eigenvalue weighted by atomic mass is 9.65. The Morgan fingerprint density at radius 2 is 2.00 bits per heavy atom. The highest BCUT2D eigenvalue weighted by molar-refractivity contribution is 5.77. The molecule has 0 heterocycles. The van der Waals surface area contributed by atoms with Crippen LogP contribution in [-0.2, 0) is 6.42 Å². The molecular weight excluding hydrogens is 246 g/mol. The van der Waals surface area contributed by atoms with Crippen molar-refractivity contribution in [3.8, 4) is 0 Å². The number of hydrogen-bond acceptors (Lipinski definition) is 1. The largest absolute Gasteiger partial charge is 0.370 e. The molecule has 0 saturated heterocycles. The van der Waals surface area contributed by atoms with Crippen LogP contribution in [0.15, 0.2) is 35.3 Å². The van der Waals surface area contributed by atoms with Gasteiger partial charge < -0.3 is 11.1 Å². The van der Waals surface area contributed by atoms with E-state index in [9.17, 15) is 0 Å². The lowest BCUT2D eigenvalue weighted by Crippen LogP contribution is -2.39. The van der Waals surface area contributed by atoms with Crippen molar-refractivity contribution >= 4 is 5.96 Å². The van der Waals surface area contributed by atoms with Gasteiger partial charge in [-0.1, -0.05) is 50.6 Å². The summed E-state index contributed by atoms with van der Waals surface area (Å²) in [5.41, 5.74) is 7.69. The van der Waals surface area contributed by atoms with Crippen LogP contribution in [0.4, 0.5) is 0 Å². The SMILES string of the molecule is CC(C)CNC(N)=NCC1(Cc2ccccc2)CCC1. The average Bonchev–Trinajstić information content (AvgIpc) is 2.40. The van der Waals surface area contributed by atoms with E-state index >= 15 is 0 Å². The van der Waals surface area contributed by atoms with Crippen LogP contribution in [0.2, 0.25) is 0 Å². The summed E-state index contributed by atoms with van der Waals surface area (Å²) < 4.78 is 0. The van der Waals surface area contributed by atoms with E-state index in [4.69, 9.17) is 5.73 Å². The molecule has 0 spiro atoms. The molecule has 0 aliphatic heterocycles. The average molecular weight is 273 g/mol. The number of nitrogens with two attached hydrogens (primary N) is 1. The molecule has 0 aromatic heterocycles. The van der Waals surface area contributed by atoms with E-state index < -0.39 is 0 Å². The van der Waals surface area contributed by atoms with Crippen molar-refractivity contribution in [3.05, 3.63) is 35.9 Å². The van der Waals surface area contributed by atoms with Gasteiger partial charge in [0.05, 0.1) is 0 Å². The molecule has 0 unspecified atom stereocenters. The molecule has 0 amide bonds. The summed E-state index contributed by atoms with van der Waals surface area (Å²) in [6.45, 7) is 6.08. The van der Waals surface area contributed by atoms with Gasteiger partial charge in [0.25, 0.3) is 0 Å². The van der Waals surface area contributed by atoms with Gasteiger partial charge in [0.15, 0.2) is 5.96 Å². The van der Waals surface area contributed by atoms with E-state index in [0.717, 1.165) is 19.5 Å². The maximum absolute atomic E-state index is 5.94. The lowest BCUT2D eigenvalue weighted by molar-refractivity contribution is 0.145. The molecule has 3 N–H and O–H groups in total. The second-order valence-electron chi connectivity index (χ2n) is 6.49. The van der Waals surface area contributed by atoms with Crippen molar-refractivity contribution in [1.29, 1.82) is 0 Å². The van der Waals surface area contributed by atoms with Crippen molar-refractivity contribution in [2.75, 3.05) is 13.1 Å². The van der Waals surface area contributed by atoms with Gasteiger partial charge in [-0.05, 0) is 36.2 Å². The number of rotatable bonds is 6. The van der Waals surface area contributed by atoms with E-state index in [1.807, 2.05) is 0 Å². The molecule has 1 aromatic rings. The van der Waals surface area contributed by atoms with Crippen LogP contribution in [0.25, 0.3) is 0 Å². The monoisotopic (exact) mass is 273 g/mol. The summed E-state index contributed by atoms with van der Waals surface area (Å²) in [4.78, 5) is 4.57. The van der Waals surface area contributed by atoms with Crippen molar-refractivity contribution in [2.24, 2.45) is 22.1 Å². The molecule has 1 aliphatic carbocycles. The molecule has 1 aromatic carbocycles. The first kappa shape index (κ1) is 14.9. The maximum Gasteiger partial charge on any atom is 0.188 e. The number of hydrogen-bond donors (Lipinski definition) is 2. The Morgan fingerprint density at radius 1 is 1.30 bits per heavy atom. The number of benzene rings is 1. The third-order valence-electron chi connectivity index (χ3n) is 4.11. The van der Waals surface area contributed by atoms with Gasteiger partial charge in [-0.2, -0.15) is 0 Å². The van der Waals surface area contributed by atoms with E-state index in [1.54, 1.807) is 0 Å². The zero-order valence-electron chi connectivity index (χ0n) is 12.7. The molecule has 0 atom stereocenters. The number of guanidine groups is 1. The van der Waals surface area contributed by atoms with E-state index in [2.05, 4.69) is 54.5 Å². The third-order valence-corrected chi connectivity index (χ3v) is 4.11. The summed E-state index contributed by atoms with van der Waals surface area (Å²) in [7, 11) is 0. The Kier molecular flexibility index (Phi) is 5.05. The highest BCUT2D eigenvalue weighted by Gasteiger charge is 2.36. The Hall–Kier alpha value is -1.51. The number of nitrogens with zero attached hydrogens (tertiary/aromatic N) is 1. The smallest absolute Gasteiger partial charge is 0.188 e. The normalized spacial score (nSPS) is 17.9. The number of nitrogens with one attached hydrogen (secondary N) is 1. The maximum atomic E-state index is 5.94. The Balaban J connectivity index is 1.90. The van der Waals surface area contributed by atoms with Crippen LogP contribution in [0.5, 0.6) is 0 Å². The molecule has 2 rings (SSSR count). The van der Waals surface area contributed by atoms with Crippen LogP contribution >= 0.6 is 0 Å². The van der Waals surface area contributed by atoms with Crippen molar-refractivity contribution in [2.45, 2.75) is 39.5 Å². The molecule has 3 nitrogen and oxygen atoms in total. The van der Waals surface area contributed by atoms with Gasteiger partial charge in [0.2, 0.25) is 0 Å². The highest BCUT2D eigenvalue weighted by Crippen LogP contribution is 2.43. The zero-order valence-corrected chi connectivity index (χ0v) is 12.7. The van der Waals surface area contributed by atoms with Gasteiger partial charge in [-0.3, -0.25) is 4.99 Å². The fourth-order valence-corrected chi connectivity index (χ4v) is 2.71. The minimum absolute atomic E-state index is 0.339. The molecule has 0 radical (unpaired) electrons. The van der Waals surface area contributed by atoms with Crippen molar-refractivity contribution < 1.29 is 0 Å². The van der Waals surface area contributed by atoms with E-state index in [-0.39, 0.29) is 0 Å². The summed E-state index contributed by atoms with van der Waals surface area (Å²) in [6, 6.07) is 10.7. The first-order valence-corrected chi connectivity index (χ1v) is 7.67. The van der Waals surface area contributed by atoms with Crippen LogP contribution in [0.1, 0.15) is 38.7 Å². The Labute approximate surface area is 122 Å². The van der Waals surface area contributed by atoms with Gasteiger partial charge in [0.1, 0.15) is 0 Å². The topological polar surface area (TPSA) is 50.4 Å². The van der Waals surface area contributed by atoms with Crippen LogP contribution in [-0.4, -0.2) is 19.0 Å². The highest BCUT2D eigenvalue weighted by atomic mass is 15.1. The van der Waals surface area contributed by atoms with Crippen molar-refractivity contribution in [3.63, 3.8) is 0 Å². The molecule has 110 valence electrons. The van der Waals surface area contributed by atoms with E-state index in [1.165, 1.54) is 24.8 Å². The standard InChI is InChI=1S/C17H27N3/c1-14(2)12-19-16(18)20-13-17(9-6-10-17)11-15-7-4-3-5-8-15/h3-5,7-8,14H,6,9-13H2,1-2H3,(H3,18,19,20). The Bertz CT molecular complexity index is 433. The first-order chi connectivity index (χ1) is 9.60. The second-order valence-corrected chi connectivity index (χ2v) is 6.49. The quantitative estimate of drug-likeness (QED) is 0.618. The van der Waals surface area contributed by atoms with Crippen LogP contribution < -0.4 is 11.1 Å². The summed E-state index contributed by atoms with van der Waals surface area (Å²) in [5.74, 6) is 1.18. The summed E-state index contributed by atoms with van der Waals surface area (Å²) >= 11 is 0. The molecule has 0 bridgehead atoms. The summed E-state index contributed by atoms with van der Waals surface area (Å²) in [6.07, 6.45) is 4.97. The zero-order chi connectivity index (χ0) is 14.4. The Morgan fingerprint density at radius 3 is 2.55 bits per heavy atom. The van der Waals surface area contributed by atoms with Crippen LogP contribution in [0, 0.1) is 11.3 Å². The molecule has 20 heavy (non-hydrogen) atoms. The van der Waals surface area contributed by atoms with E-state index in [0.29, 0.717) is 17.3 Å². The second kappa shape index (κ2) is 6.78. The predicted molar refractivity (Wildman–Crippen MR) is 85.8 cm³/mol. The first-order valence-electron chi connectivity index (χ1n) is 7.67. The minimum atomic E-state index is 0.339. The molecule has 1 fully saturated rings. The molecule has 3 heteroatoms. The van der Waals surface area contributed by atoms with Gasteiger partial charge in [0, 0.05) is 13.1 Å². The minimum Gasteiger partial charge on any atom is -0.370 e. The lowest BCUT2D eigenvalue weighted by Gasteiger charge is -2.41.